The van der Waals surface area contributed by atoms with Crippen molar-refractivity contribution >= 4 is 34.2 Å². The number of hydrogen-bond donors (Lipinski definition) is 3. The van der Waals surface area contributed by atoms with Crippen molar-refractivity contribution in [3.8, 4) is 5.75 Å². The standard InChI is InChI=1S/C19H23N3O5S/c1-11-8-17(23)27-16-9-13(5-6-15(11)16)26-12(2)18(24)21-22-19(28)20-10-14-4-3-7-25-14/h5-6,8-9,12,14H,3-4,7,10H2,1-2H3,(H,21,24)(H2,20,22,28)/t12-,14-/m0/s1. The predicted octanol–water partition coefficient (Wildman–Crippen LogP) is 1.54. The van der Waals surface area contributed by atoms with Crippen molar-refractivity contribution < 1.29 is 18.7 Å². The number of hydrogen-bond acceptors (Lipinski definition) is 6. The molecule has 1 aliphatic rings. The Labute approximate surface area is 167 Å². The van der Waals surface area contributed by atoms with Crippen LogP contribution in [-0.2, 0) is 9.53 Å². The number of carbonyl (C=O) groups is 1. The molecule has 0 unspecified atom stereocenters. The Morgan fingerprint density at radius 1 is 1.36 bits per heavy atom. The molecule has 150 valence electrons. The Kier molecular flexibility index (Phi) is 6.48. The van der Waals surface area contributed by atoms with E-state index in [1.165, 1.54) is 6.07 Å². The summed E-state index contributed by atoms with van der Waals surface area (Å²) in [7, 11) is 0. The van der Waals surface area contributed by atoms with Gasteiger partial charge in [0.2, 0.25) is 0 Å². The van der Waals surface area contributed by atoms with Crippen LogP contribution in [-0.4, -0.2) is 36.4 Å². The lowest BCUT2D eigenvalue weighted by atomic mass is 10.1. The Balaban J connectivity index is 1.50. The largest absolute Gasteiger partial charge is 0.481 e. The first-order valence-corrected chi connectivity index (χ1v) is 9.49. The van der Waals surface area contributed by atoms with Crippen LogP contribution in [0.1, 0.15) is 25.3 Å². The minimum Gasteiger partial charge on any atom is -0.481 e. The van der Waals surface area contributed by atoms with Crippen molar-refractivity contribution in [3.05, 3.63) is 40.2 Å². The van der Waals surface area contributed by atoms with E-state index in [1.807, 2.05) is 6.92 Å². The van der Waals surface area contributed by atoms with Gasteiger partial charge in [-0.2, -0.15) is 0 Å². The Morgan fingerprint density at radius 2 is 2.18 bits per heavy atom. The van der Waals surface area contributed by atoms with Gasteiger partial charge in [-0.05, 0) is 56.6 Å². The summed E-state index contributed by atoms with van der Waals surface area (Å²) in [5.74, 6) is 0.0232. The summed E-state index contributed by atoms with van der Waals surface area (Å²) >= 11 is 5.13. The second kappa shape index (κ2) is 9.03. The summed E-state index contributed by atoms with van der Waals surface area (Å²) in [5.41, 5.74) is 5.94. The molecule has 1 aromatic heterocycles. The molecular weight excluding hydrogens is 382 g/mol. The van der Waals surface area contributed by atoms with Gasteiger partial charge in [0.1, 0.15) is 11.3 Å². The second-order valence-electron chi connectivity index (χ2n) is 6.63. The van der Waals surface area contributed by atoms with Crippen LogP contribution in [0.4, 0.5) is 0 Å². The molecule has 0 aliphatic carbocycles. The van der Waals surface area contributed by atoms with Gasteiger partial charge in [0, 0.05) is 30.7 Å². The van der Waals surface area contributed by atoms with Crippen LogP contribution in [0.3, 0.4) is 0 Å². The zero-order chi connectivity index (χ0) is 20.1. The van der Waals surface area contributed by atoms with E-state index in [0.29, 0.717) is 23.0 Å². The number of fused-ring (bicyclic) bond motifs is 1. The molecule has 1 amide bonds. The van der Waals surface area contributed by atoms with Gasteiger partial charge in [0.15, 0.2) is 11.2 Å². The minimum absolute atomic E-state index is 0.147. The van der Waals surface area contributed by atoms with Crippen molar-refractivity contribution in [3.63, 3.8) is 0 Å². The average Bonchev–Trinajstić information content (AvgIpc) is 3.17. The zero-order valence-corrected chi connectivity index (χ0v) is 16.6. The number of nitrogens with one attached hydrogen (secondary N) is 3. The molecule has 28 heavy (non-hydrogen) atoms. The first kappa shape index (κ1) is 20.1. The minimum atomic E-state index is -0.789. The fourth-order valence-electron chi connectivity index (χ4n) is 2.91. The van der Waals surface area contributed by atoms with Crippen molar-refractivity contribution in [2.75, 3.05) is 13.2 Å². The van der Waals surface area contributed by atoms with E-state index >= 15 is 0 Å². The van der Waals surface area contributed by atoms with Crippen LogP contribution >= 0.6 is 12.2 Å². The maximum Gasteiger partial charge on any atom is 0.336 e. The number of hydrazine groups is 1. The third-order valence-corrected chi connectivity index (χ3v) is 4.66. The van der Waals surface area contributed by atoms with Crippen molar-refractivity contribution in [2.45, 2.75) is 38.9 Å². The summed E-state index contributed by atoms with van der Waals surface area (Å²) in [6.07, 6.45) is 1.41. The van der Waals surface area contributed by atoms with E-state index in [0.717, 1.165) is 30.4 Å². The molecule has 3 rings (SSSR count). The molecule has 0 radical (unpaired) electrons. The summed E-state index contributed by atoms with van der Waals surface area (Å²) < 4.78 is 16.3. The summed E-state index contributed by atoms with van der Waals surface area (Å²) in [4.78, 5) is 23.7. The third kappa shape index (κ3) is 5.20. The maximum atomic E-state index is 12.2. The van der Waals surface area contributed by atoms with Gasteiger partial charge >= 0.3 is 5.63 Å². The second-order valence-corrected chi connectivity index (χ2v) is 7.03. The van der Waals surface area contributed by atoms with Crippen LogP contribution in [0, 0.1) is 6.92 Å². The number of amides is 1. The number of ether oxygens (including phenoxy) is 2. The molecular formula is C19H23N3O5S. The lowest BCUT2D eigenvalue weighted by molar-refractivity contribution is -0.127. The zero-order valence-electron chi connectivity index (χ0n) is 15.7. The van der Waals surface area contributed by atoms with Gasteiger partial charge in [0.05, 0.1) is 6.10 Å². The molecule has 9 heteroatoms. The number of rotatable bonds is 5. The highest BCUT2D eigenvalue weighted by molar-refractivity contribution is 7.80. The van der Waals surface area contributed by atoms with Gasteiger partial charge in [0.25, 0.3) is 5.91 Å². The van der Waals surface area contributed by atoms with Crippen LogP contribution in [0.15, 0.2) is 33.5 Å². The van der Waals surface area contributed by atoms with E-state index < -0.39 is 17.6 Å². The third-order valence-electron chi connectivity index (χ3n) is 4.42. The van der Waals surface area contributed by atoms with Gasteiger partial charge in [-0.3, -0.25) is 15.6 Å². The highest BCUT2D eigenvalue weighted by Crippen LogP contribution is 2.22. The molecule has 3 N–H and O–H groups in total. The number of carbonyl (C=O) groups excluding carboxylic acids is 1. The normalized spacial score (nSPS) is 17.1. The van der Waals surface area contributed by atoms with E-state index in [2.05, 4.69) is 16.2 Å². The average molecular weight is 405 g/mol. The molecule has 0 saturated carbocycles. The van der Waals surface area contributed by atoms with Gasteiger partial charge in [-0.25, -0.2) is 4.79 Å². The van der Waals surface area contributed by atoms with Crippen LogP contribution in [0.5, 0.6) is 5.75 Å². The number of aryl methyl sites for hydroxylation is 1. The number of thiocarbonyl (C=S) groups is 1. The SMILES string of the molecule is Cc1cc(=O)oc2cc(O[C@@H](C)C(=O)NNC(=S)NC[C@@H]3CCCO3)ccc12. The quantitative estimate of drug-likeness (QED) is 0.391. The molecule has 2 aromatic rings. The molecule has 0 bridgehead atoms. The monoisotopic (exact) mass is 405 g/mol. The molecule has 1 fully saturated rings. The van der Waals surface area contributed by atoms with Crippen LogP contribution in [0.2, 0.25) is 0 Å². The molecule has 1 aromatic carbocycles. The molecule has 1 saturated heterocycles. The van der Waals surface area contributed by atoms with Crippen LogP contribution < -0.4 is 26.5 Å². The maximum absolute atomic E-state index is 12.2. The van der Waals surface area contributed by atoms with Crippen LogP contribution in [0.25, 0.3) is 11.0 Å². The lowest BCUT2D eigenvalue weighted by Crippen LogP contribution is -2.51. The van der Waals surface area contributed by atoms with Crippen molar-refractivity contribution in [1.82, 2.24) is 16.2 Å². The lowest BCUT2D eigenvalue weighted by Gasteiger charge is -2.17. The van der Waals surface area contributed by atoms with E-state index in [1.54, 1.807) is 25.1 Å². The highest BCUT2D eigenvalue weighted by atomic mass is 32.1. The predicted molar refractivity (Wildman–Crippen MR) is 108 cm³/mol. The Bertz CT molecular complexity index is 923. The fraction of sp³-hybridized carbons (Fsp3) is 0.421. The highest BCUT2D eigenvalue weighted by Gasteiger charge is 2.17. The molecule has 0 spiro atoms. The number of benzene rings is 1. The molecule has 2 heterocycles. The van der Waals surface area contributed by atoms with Crippen molar-refractivity contribution in [1.29, 1.82) is 0 Å². The van der Waals surface area contributed by atoms with Gasteiger partial charge < -0.3 is 19.2 Å². The first-order valence-electron chi connectivity index (χ1n) is 9.09. The van der Waals surface area contributed by atoms with Crippen molar-refractivity contribution in [2.24, 2.45) is 0 Å². The first-order chi connectivity index (χ1) is 13.4. The molecule has 8 nitrogen and oxygen atoms in total. The summed E-state index contributed by atoms with van der Waals surface area (Å²) in [5, 5.41) is 4.12. The summed E-state index contributed by atoms with van der Waals surface area (Å²) in [6, 6.07) is 6.53. The van der Waals surface area contributed by atoms with E-state index in [9.17, 15) is 9.59 Å². The van der Waals surface area contributed by atoms with Gasteiger partial charge in [-0.1, -0.05) is 0 Å². The Morgan fingerprint density at radius 3 is 2.93 bits per heavy atom. The van der Waals surface area contributed by atoms with E-state index in [-0.39, 0.29) is 6.10 Å². The van der Waals surface area contributed by atoms with E-state index in [4.69, 9.17) is 26.1 Å². The molecule has 1 aliphatic heterocycles. The summed E-state index contributed by atoms with van der Waals surface area (Å²) in [6.45, 7) is 4.80. The van der Waals surface area contributed by atoms with Gasteiger partial charge in [-0.15, -0.1) is 0 Å². The smallest absolute Gasteiger partial charge is 0.336 e. The fourth-order valence-corrected chi connectivity index (χ4v) is 3.05. The topological polar surface area (TPSA) is 102 Å². The Hall–Kier alpha value is -2.65. The molecule has 2 atom stereocenters.